The van der Waals surface area contributed by atoms with Gasteiger partial charge in [-0.15, -0.1) is 0 Å². The summed E-state index contributed by atoms with van der Waals surface area (Å²) in [4.78, 5) is 0. The van der Waals surface area contributed by atoms with Gasteiger partial charge in [-0.3, -0.25) is 0 Å². The zero-order chi connectivity index (χ0) is 19.5. The van der Waals surface area contributed by atoms with Crippen LogP contribution in [0.2, 0.25) is 0 Å². The van der Waals surface area contributed by atoms with Crippen LogP contribution in [0.5, 0.6) is 0 Å². The van der Waals surface area contributed by atoms with Crippen LogP contribution in [0.15, 0.2) is 85.3 Å². The lowest BCUT2D eigenvalue weighted by Crippen LogP contribution is -1.98. The maximum Gasteiger partial charge on any atom is 0.0854 e. The smallest absolute Gasteiger partial charge is 0.0854 e. The lowest BCUT2D eigenvalue weighted by Gasteiger charge is -1.99. The Morgan fingerprint density at radius 1 is 0.808 bits per heavy atom. The Kier molecular flexibility index (Phi) is 16.3. The molecule has 0 radical (unpaired) electrons. The normalized spacial score (nSPS) is 15.5. The third kappa shape index (κ3) is 18.2. The molecule has 3 N–H and O–H groups in total. The van der Waals surface area contributed by atoms with Crippen LogP contribution in [-0.4, -0.2) is 27.5 Å². The van der Waals surface area contributed by atoms with Gasteiger partial charge in [0.2, 0.25) is 0 Å². The lowest BCUT2D eigenvalue weighted by molar-refractivity contribution is 0.226. The van der Waals surface area contributed by atoms with E-state index in [-0.39, 0.29) is 5.76 Å². The summed E-state index contributed by atoms with van der Waals surface area (Å²) in [6.45, 7) is 5.50. The van der Waals surface area contributed by atoms with Gasteiger partial charge in [0.15, 0.2) is 0 Å². The predicted octanol–water partition coefficient (Wildman–Crippen LogP) is 5.48. The van der Waals surface area contributed by atoms with E-state index < -0.39 is 12.2 Å². The summed E-state index contributed by atoms with van der Waals surface area (Å²) in [5.74, 6) is 0.213. The maximum atomic E-state index is 9.82. The van der Waals surface area contributed by atoms with Gasteiger partial charge >= 0.3 is 0 Å². The van der Waals surface area contributed by atoms with Crippen molar-refractivity contribution in [1.82, 2.24) is 0 Å². The first-order valence-electron chi connectivity index (χ1n) is 9.25. The van der Waals surface area contributed by atoms with Gasteiger partial charge in [0, 0.05) is 6.42 Å². The predicted molar refractivity (Wildman–Crippen MR) is 112 cm³/mol. The Morgan fingerprint density at radius 3 is 1.88 bits per heavy atom. The van der Waals surface area contributed by atoms with Crippen LogP contribution >= 0.6 is 0 Å². The van der Waals surface area contributed by atoms with E-state index in [0.29, 0.717) is 19.3 Å². The molecule has 0 spiro atoms. The quantitative estimate of drug-likeness (QED) is 0.219. The van der Waals surface area contributed by atoms with Crippen molar-refractivity contribution in [3.8, 4) is 0 Å². The topological polar surface area (TPSA) is 60.7 Å². The molecule has 0 aliphatic heterocycles. The monoisotopic (exact) mass is 358 g/mol. The van der Waals surface area contributed by atoms with Crippen LogP contribution in [-0.2, 0) is 0 Å². The lowest BCUT2D eigenvalue weighted by atomic mass is 10.2. The number of aliphatic hydroxyl groups excluding tert-OH is 3. The van der Waals surface area contributed by atoms with Gasteiger partial charge in [0.1, 0.15) is 0 Å². The molecule has 0 aromatic rings. The van der Waals surface area contributed by atoms with E-state index in [9.17, 15) is 10.2 Å². The third-order valence-corrected chi connectivity index (χ3v) is 3.36. The second-order valence-electron chi connectivity index (χ2n) is 5.92. The van der Waals surface area contributed by atoms with E-state index in [0.717, 1.165) is 19.3 Å². The van der Waals surface area contributed by atoms with Crippen molar-refractivity contribution in [3.05, 3.63) is 85.3 Å². The highest BCUT2D eigenvalue weighted by Gasteiger charge is 1.93. The molecule has 0 saturated heterocycles. The van der Waals surface area contributed by atoms with Crippen LogP contribution in [0.1, 0.15) is 45.4 Å². The molecule has 2 atom stereocenters. The Bertz CT molecular complexity index is 522. The van der Waals surface area contributed by atoms with Crippen LogP contribution in [0.3, 0.4) is 0 Å². The van der Waals surface area contributed by atoms with E-state index in [1.807, 2.05) is 48.6 Å². The second kappa shape index (κ2) is 17.7. The summed E-state index contributed by atoms with van der Waals surface area (Å²) in [6.07, 6.45) is 26.2. The van der Waals surface area contributed by atoms with Gasteiger partial charge < -0.3 is 15.3 Å². The molecule has 0 aromatic carbocycles. The Labute approximate surface area is 158 Å². The minimum atomic E-state index is -0.508. The summed E-state index contributed by atoms with van der Waals surface area (Å²) in [7, 11) is 0. The second-order valence-corrected chi connectivity index (χ2v) is 5.92. The number of hydrogen-bond donors (Lipinski definition) is 3. The molecule has 0 unspecified atom stereocenters. The van der Waals surface area contributed by atoms with E-state index in [1.54, 1.807) is 24.3 Å². The average molecular weight is 359 g/mol. The van der Waals surface area contributed by atoms with Gasteiger partial charge in [-0.05, 0) is 32.1 Å². The average Bonchev–Trinajstić information content (AvgIpc) is 2.60. The first-order chi connectivity index (χ1) is 12.6. The fraction of sp³-hybridized carbons (Fsp3) is 0.391. The highest BCUT2D eigenvalue weighted by molar-refractivity contribution is 5.13. The summed E-state index contributed by atoms with van der Waals surface area (Å²) >= 11 is 0. The van der Waals surface area contributed by atoms with Crippen molar-refractivity contribution in [2.24, 2.45) is 0 Å². The van der Waals surface area contributed by atoms with E-state index in [2.05, 4.69) is 13.5 Å². The Morgan fingerprint density at radius 2 is 1.35 bits per heavy atom. The molecular weight excluding hydrogens is 324 g/mol. The van der Waals surface area contributed by atoms with Gasteiger partial charge in [0.05, 0.1) is 18.0 Å². The van der Waals surface area contributed by atoms with Gasteiger partial charge in [-0.2, -0.15) is 0 Å². The van der Waals surface area contributed by atoms with E-state index in [4.69, 9.17) is 5.11 Å². The fourth-order valence-electron chi connectivity index (χ4n) is 1.95. The highest BCUT2D eigenvalue weighted by Crippen LogP contribution is 2.01. The SMILES string of the molecule is C=C(O)CC/C=C\C/C=C\C[C@H](O)/C=C/C=C\C=C\[C@@H](O)C/C=C\CC. The zero-order valence-corrected chi connectivity index (χ0v) is 15.9. The first-order valence-corrected chi connectivity index (χ1v) is 9.25. The maximum absolute atomic E-state index is 9.82. The molecule has 26 heavy (non-hydrogen) atoms. The molecule has 3 nitrogen and oxygen atoms in total. The van der Waals surface area contributed by atoms with Crippen molar-refractivity contribution in [1.29, 1.82) is 0 Å². The number of allylic oxidation sites excluding steroid dienone is 9. The fourth-order valence-corrected chi connectivity index (χ4v) is 1.95. The Hall–Kier alpha value is -2.10. The highest BCUT2D eigenvalue weighted by atomic mass is 16.3. The van der Waals surface area contributed by atoms with Gasteiger partial charge in [0.25, 0.3) is 0 Å². The van der Waals surface area contributed by atoms with E-state index in [1.165, 1.54) is 0 Å². The summed E-state index contributed by atoms with van der Waals surface area (Å²) in [5.41, 5.74) is 0. The van der Waals surface area contributed by atoms with Crippen LogP contribution < -0.4 is 0 Å². The minimum Gasteiger partial charge on any atom is -0.513 e. The summed E-state index contributed by atoms with van der Waals surface area (Å²) in [5, 5.41) is 28.4. The standard InChI is InChI=1S/C23H34O3/c1-3-4-11-17-22(25)19-14-9-10-15-20-23(26)18-13-8-6-5-7-12-16-21(2)24/h4-5,7-11,13-15,19-20,22-26H,2-3,6,12,16-18H2,1H3/b7-5-,10-9-,11-4-,13-8-,19-14+,20-15+/t22-,23-/m0/s1. The largest absolute Gasteiger partial charge is 0.513 e. The van der Waals surface area contributed by atoms with Crippen LogP contribution in [0.25, 0.3) is 0 Å². The molecule has 0 aromatic heterocycles. The molecule has 0 heterocycles. The molecule has 144 valence electrons. The van der Waals surface area contributed by atoms with Crippen molar-refractivity contribution in [2.45, 2.75) is 57.7 Å². The minimum absolute atomic E-state index is 0.213. The zero-order valence-electron chi connectivity index (χ0n) is 15.9. The van der Waals surface area contributed by atoms with Crippen LogP contribution in [0.4, 0.5) is 0 Å². The molecule has 0 bridgehead atoms. The van der Waals surface area contributed by atoms with E-state index >= 15 is 0 Å². The number of hydrogen-bond acceptors (Lipinski definition) is 3. The van der Waals surface area contributed by atoms with Crippen molar-refractivity contribution < 1.29 is 15.3 Å². The van der Waals surface area contributed by atoms with Crippen molar-refractivity contribution in [2.75, 3.05) is 0 Å². The molecule has 0 saturated carbocycles. The number of rotatable bonds is 14. The molecule has 0 fully saturated rings. The molecule has 0 amide bonds. The molecule has 0 aliphatic carbocycles. The Balaban J connectivity index is 3.87. The first kappa shape index (κ1) is 23.9. The summed E-state index contributed by atoms with van der Waals surface area (Å²) < 4.78 is 0. The summed E-state index contributed by atoms with van der Waals surface area (Å²) in [6, 6.07) is 0. The van der Waals surface area contributed by atoms with Gasteiger partial charge in [-0.25, -0.2) is 0 Å². The van der Waals surface area contributed by atoms with Crippen molar-refractivity contribution in [3.63, 3.8) is 0 Å². The molecule has 0 aliphatic rings. The van der Waals surface area contributed by atoms with Crippen molar-refractivity contribution >= 4 is 0 Å². The van der Waals surface area contributed by atoms with Gasteiger partial charge in [-0.1, -0.05) is 86.4 Å². The molecular formula is C23H34O3. The van der Waals surface area contributed by atoms with Crippen LogP contribution in [0, 0.1) is 0 Å². The molecule has 3 heteroatoms. The molecule has 0 rings (SSSR count). The third-order valence-electron chi connectivity index (χ3n) is 3.36. The number of aliphatic hydroxyl groups is 3.